The number of hydrogen-bond acceptors (Lipinski definition) is 4. The molecule has 0 aliphatic carbocycles. The Morgan fingerprint density at radius 3 is 3.15 bits per heavy atom. The fraction of sp³-hybridized carbons (Fsp3) is 0.500. The van der Waals surface area contributed by atoms with Gasteiger partial charge in [-0.05, 0) is 13.0 Å². The van der Waals surface area contributed by atoms with Crippen molar-refractivity contribution in [2.24, 2.45) is 0 Å². The Hall–Kier alpha value is -1.54. The summed E-state index contributed by atoms with van der Waals surface area (Å²) in [6.07, 6.45) is 2.55. The lowest BCUT2D eigenvalue weighted by Gasteiger charge is -2.10. The molecule has 1 atom stereocenters. The average Bonchev–Trinajstić information content (AvgIpc) is 2.72. The molecular formula is C8H11N5. The molecule has 68 valence electrons. The molecule has 1 aromatic rings. The van der Waals surface area contributed by atoms with E-state index in [0.717, 1.165) is 19.5 Å². The van der Waals surface area contributed by atoms with E-state index in [1.54, 1.807) is 4.68 Å². The summed E-state index contributed by atoms with van der Waals surface area (Å²) in [5.74, 6) is 0.483. The second-order valence-electron chi connectivity index (χ2n) is 3.15. The summed E-state index contributed by atoms with van der Waals surface area (Å²) in [5, 5.41) is 16.0. The van der Waals surface area contributed by atoms with E-state index in [1.165, 1.54) is 6.20 Å². The minimum atomic E-state index is 0.307. The van der Waals surface area contributed by atoms with E-state index in [-0.39, 0.29) is 0 Å². The number of hydrogen-bond donors (Lipinski definition) is 2. The molecule has 0 radical (unpaired) electrons. The normalized spacial score (nSPS) is 21.6. The van der Waals surface area contributed by atoms with Gasteiger partial charge in [0.2, 0.25) is 0 Å². The maximum atomic E-state index is 8.68. The Bertz CT molecular complexity index is 342. The Morgan fingerprint density at radius 1 is 1.77 bits per heavy atom. The molecule has 5 heteroatoms. The molecule has 0 saturated carbocycles. The smallest absolute Gasteiger partial charge is 0.140 e. The van der Waals surface area contributed by atoms with Crippen molar-refractivity contribution >= 4 is 5.82 Å². The van der Waals surface area contributed by atoms with Crippen LogP contribution in [0, 0.1) is 11.3 Å². The molecule has 2 heterocycles. The van der Waals surface area contributed by atoms with Gasteiger partial charge in [0.05, 0.1) is 12.2 Å². The Kier molecular flexibility index (Phi) is 1.91. The summed E-state index contributed by atoms with van der Waals surface area (Å²) in [6.45, 7) is 1.88. The molecule has 13 heavy (non-hydrogen) atoms. The topological polar surface area (TPSA) is 79.7 Å². The van der Waals surface area contributed by atoms with Gasteiger partial charge in [0.15, 0.2) is 0 Å². The van der Waals surface area contributed by atoms with Crippen LogP contribution in [0.25, 0.3) is 0 Å². The molecule has 1 unspecified atom stereocenters. The summed E-state index contributed by atoms with van der Waals surface area (Å²) in [4.78, 5) is 0. The van der Waals surface area contributed by atoms with Crippen molar-refractivity contribution in [2.75, 3.05) is 18.8 Å². The van der Waals surface area contributed by atoms with Crippen molar-refractivity contribution in [3.05, 3.63) is 11.8 Å². The maximum absolute atomic E-state index is 8.68. The molecule has 0 aromatic carbocycles. The van der Waals surface area contributed by atoms with E-state index in [1.807, 2.05) is 6.07 Å². The van der Waals surface area contributed by atoms with Gasteiger partial charge in [-0.15, -0.1) is 0 Å². The van der Waals surface area contributed by atoms with E-state index in [2.05, 4.69) is 10.4 Å². The molecule has 1 saturated heterocycles. The van der Waals surface area contributed by atoms with Crippen LogP contribution in [0.1, 0.15) is 18.0 Å². The summed E-state index contributed by atoms with van der Waals surface area (Å²) in [5.41, 5.74) is 6.21. The standard InChI is InChI=1S/C8H11N5/c9-3-6-4-12-13(8(6)10)7-1-2-11-5-7/h4,7,11H,1-2,5,10H2. The molecule has 1 aliphatic rings. The number of rotatable bonds is 1. The van der Waals surface area contributed by atoms with E-state index in [4.69, 9.17) is 11.0 Å². The molecule has 1 aromatic heterocycles. The Labute approximate surface area is 76.1 Å². The van der Waals surface area contributed by atoms with Crippen LogP contribution in [0.4, 0.5) is 5.82 Å². The number of nitrogens with zero attached hydrogens (tertiary/aromatic N) is 3. The van der Waals surface area contributed by atoms with Crippen molar-refractivity contribution < 1.29 is 0 Å². The highest BCUT2D eigenvalue weighted by atomic mass is 15.3. The van der Waals surface area contributed by atoms with E-state index in [9.17, 15) is 0 Å². The molecule has 1 fully saturated rings. The molecule has 0 amide bonds. The van der Waals surface area contributed by atoms with Gasteiger partial charge < -0.3 is 11.1 Å². The van der Waals surface area contributed by atoms with Crippen LogP contribution in [-0.2, 0) is 0 Å². The first kappa shape index (κ1) is 8.08. The van der Waals surface area contributed by atoms with Gasteiger partial charge in [0, 0.05) is 6.54 Å². The van der Waals surface area contributed by atoms with Gasteiger partial charge >= 0.3 is 0 Å². The SMILES string of the molecule is N#Cc1cnn(C2CCNC2)c1N. The van der Waals surface area contributed by atoms with E-state index < -0.39 is 0 Å². The van der Waals surface area contributed by atoms with Gasteiger partial charge in [0.25, 0.3) is 0 Å². The molecule has 0 bridgehead atoms. The first-order valence-corrected chi connectivity index (χ1v) is 4.26. The summed E-state index contributed by atoms with van der Waals surface area (Å²) in [6, 6.07) is 2.32. The third kappa shape index (κ3) is 1.25. The predicted molar refractivity (Wildman–Crippen MR) is 47.9 cm³/mol. The second-order valence-corrected chi connectivity index (χ2v) is 3.15. The van der Waals surface area contributed by atoms with Gasteiger partial charge in [-0.1, -0.05) is 0 Å². The number of nitrogens with one attached hydrogen (secondary N) is 1. The summed E-state index contributed by atoms with van der Waals surface area (Å²) in [7, 11) is 0. The maximum Gasteiger partial charge on any atom is 0.140 e. The van der Waals surface area contributed by atoms with Crippen LogP contribution < -0.4 is 11.1 Å². The van der Waals surface area contributed by atoms with E-state index >= 15 is 0 Å². The van der Waals surface area contributed by atoms with Crippen LogP contribution in [0.2, 0.25) is 0 Å². The van der Waals surface area contributed by atoms with Crippen molar-refractivity contribution in [2.45, 2.75) is 12.5 Å². The first-order chi connectivity index (χ1) is 6.33. The zero-order valence-electron chi connectivity index (χ0n) is 7.20. The summed E-state index contributed by atoms with van der Waals surface area (Å²) < 4.78 is 1.73. The van der Waals surface area contributed by atoms with Crippen molar-refractivity contribution in [1.29, 1.82) is 5.26 Å². The quantitative estimate of drug-likeness (QED) is 0.626. The lowest BCUT2D eigenvalue weighted by atomic mass is 10.2. The Balaban J connectivity index is 2.30. The molecule has 5 nitrogen and oxygen atoms in total. The number of anilines is 1. The predicted octanol–water partition coefficient (Wildman–Crippen LogP) is -0.129. The van der Waals surface area contributed by atoms with Crippen molar-refractivity contribution in [3.63, 3.8) is 0 Å². The van der Waals surface area contributed by atoms with Gasteiger partial charge in [-0.2, -0.15) is 10.4 Å². The van der Waals surface area contributed by atoms with Crippen molar-refractivity contribution in [3.8, 4) is 6.07 Å². The lowest BCUT2D eigenvalue weighted by Crippen LogP contribution is -2.16. The van der Waals surface area contributed by atoms with Crippen LogP contribution in [0.3, 0.4) is 0 Å². The molecule has 2 rings (SSSR count). The molecule has 0 spiro atoms. The fourth-order valence-corrected chi connectivity index (χ4v) is 1.60. The second kappa shape index (κ2) is 3.07. The van der Waals surface area contributed by atoms with Crippen LogP contribution in [0.5, 0.6) is 0 Å². The van der Waals surface area contributed by atoms with Gasteiger partial charge in [-0.25, -0.2) is 4.68 Å². The highest BCUT2D eigenvalue weighted by molar-refractivity contribution is 5.47. The van der Waals surface area contributed by atoms with Crippen molar-refractivity contribution in [1.82, 2.24) is 15.1 Å². The lowest BCUT2D eigenvalue weighted by molar-refractivity contribution is 0.498. The molecule has 3 N–H and O–H groups in total. The monoisotopic (exact) mass is 177 g/mol. The zero-order valence-corrected chi connectivity index (χ0v) is 7.20. The minimum Gasteiger partial charge on any atom is -0.383 e. The number of nitriles is 1. The third-order valence-corrected chi connectivity index (χ3v) is 2.33. The number of nitrogens with two attached hydrogens (primary N) is 1. The highest BCUT2D eigenvalue weighted by Crippen LogP contribution is 2.20. The van der Waals surface area contributed by atoms with Gasteiger partial charge in [-0.3, -0.25) is 0 Å². The largest absolute Gasteiger partial charge is 0.383 e. The third-order valence-electron chi connectivity index (χ3n) is 2.33. The van der Waals surface area contributed by atoms with Crippen LogP contribution in [-0.4, -0.2) is 22.9 Å². The Morgan fingerprint density at radius 2 is 2.62 bits per heavy atom. The average molecular weight is 177 g/mol. The first-order valence-electron chi connectivity index (χ1n) is 4.26. The van der Waals surface area contributed by atoms with E-state index in [0.29, 0.717) is 17.4 Å². The fourth-order valence-electron chi connectivity index (χ4n) is 1.60. The highest BCUT2D eigenvalue weighted by Gasteiger charge is 2.20. The minimum absolute atomic E-state index is 0.307. The number of aromatic nitrogens is 2. The molecule has 1 aliphatic heterocycles. The van der Waals surface area contributed by atoms with Crippen LogP contribution in [0.15, 0.2) is 6.20 Å². The number of nitrogen functional groups attached to an aromatic ring is 1. The van der Waals surface area contributed by atoms with Crippen LogP contribution >= 0.6 is 0 Å². The zero-order chi connectivity index (χ0) is 9.26. The molecular weight excluding hydrogens is 166 g/mol. The van der Waals surface area contributed by atoms with Gasteiger partial charge in [0.1, 0.15) is 17.5 Å². The summed E-state index contributed by atoms with van der Waals surface area (Å²) >= 11 is 0.